The molecule has 3 aliphatic rings. The largest absolute Gasteiger partial charge is 0.311 e. The summed E-state index contributed by atoms with van der Waals surface area (Å²) >= 11 is 1.46. The van der Waals surface area contributed by atoms with Crippen LogP contribution < -0.4 is 26.2 Å². The minimum absolute atomic E-state index is 0.00232. The van der Waals surface area contributed by atoms with Crippen molar-refractivity contribution in [2.24, 2.45) is 0 Å². The van der Waals surface area contributed by atoms with E-state index in [1.54, 1.807) is 0 Å². The van der Waals surface area contributed by atoms with Crippen molar-refractivity contribution in [2.45, 2.75) is 104 Å². The quantitative estimate of drug-likeness (QED) is 0.164. The number of hydrogen-bond donors (Lipinski definition) is 0. The Morgan fingerprint density at radius 1 is 0.638 bits per heavy atom. The van der Waals surface area contributed by atoms with Crippen LogP contribution >= 0.6 is 11.3 Å². The average Bonchev–Trinajstić information content (AvgIpc) is 3.60. The summed E-state index contributed by atoms with van der Waals surface area (Å²) in [5, 5.41) is 3.47. The molecule has 0 spiro atoms. The standard InChI is InChI=1S/C54H55BN2S/c1-34-35(2)58-52-50(34)55-46-30-21-38(45-20-14-18-37-17-12-13-19-44(37)45)31-47(46)56(42-26-22-40(23-27-42)53(3,4)5)48-32-39(36-15-10-9-11-16-36)33-49(51(48)55)57(52)43-28-24-41(25-29-43)54(6,7)8/h12-14,17-33,36H,9-11,15-16H2,1-8H3/i2D3. The molecule has 58 heavy (non-hydrogen) atoms. The van der Waals surface area contributed by atoms with E-state index in [1.807, 2.05) is 0 Å². The fraction of sp³-hybridized carbons (Fsp3) is 0.296. The maximum Gasteiger partial charge on any atom is 0.253 e. The van der Waals surface area contributed by atoms with Crippen LogP contribution in [0, 0.1) is 13.8 Å². The zero-order valence-corrected chi connectivity index (χ0v) is 35.9. The van der Waals surface area contributed by atoms with Crippen molar-refractivity contribution in [3.8, 4) is 11.1 Å². The van der Waals surface area contributed by atoms with Crippen LogP contribution in [0.3, 0.4) is 0 Å². The minimum Gasteiger partial charge on any atom is -0.311 e. The van der Waals surface area contributed by atoms with E-state index in [4.69, 9.17) is 4.11 Å². The molecule has 290 valence electrons. The molecule has 7 aromatic rings. The second-order valence-corrected chi connectivity index (χ2v) is 20.1. The highest BCUT2D eigenvalue weighted by Crippen LogP contribution is 2.50. The van der Waals surface area contributed by atoms with E-state index >= 15 is 0 Å². The van der Waals surface area contributed by atoms with E-state index in [0.717, 1.165) is 38.8 Å². The first-order valence-electron chi connectivity index (χ1n) is 22.8. The molecule has 0 saturated heterocycles. The molecule has 0 bridgehead atoms. The number of nitrogens with zero attached hydrogens (tertiary/aromatic N) is 2. The van der Waals surface area contributed by atoms with Crippen molar-refractivity contribution in [3.63, 3.8) is 0 Å². The lowest BCUT2D eigenvalue weighted by Crippen LogP contribution is -2.61. The Kier molecular flexibility index (Phi) is 8.04. The molecule has 1 fully saturated rings. The van der Waals surface area contributed by atoms with E-state index in [-0.39, 0.29) is 17.5 Å². The summed E-state index contributed by atoms with van der Waals surface area (Å²) in [5.74, 6) is 0.455. The second-order valence-electron chi connectivity index (χ2n) is 19.1. The van der Waals surface area contributed by atoms with Gasteiger partial charge in [-0.1, -0.05) is 140 Å². The Morgan fingerprint density at radius 2 is 1.26 bits per heavy atom. The third kappa shape index (κ3) is 6.05. The highest BCUT2D eigenvalue weighted by molar-refractivity contribution is 7.20. The fourth-order valence-electron chi connectivity index (χ4n) is 10.1. The van der Waals surface area contributed by atoms with Crippen molar-refractivity contribution >= 4 is 78.6 Å². The van der Waals surface area contributed by atoms with Crippen molar-refractivity contribution in [1.29, 1.82) is 0 Å². The number of hydrogen-bond acceptors (Lipinski definition) is 3. The Bertz CT molecular complexity index is 2810. The van der Waals surface area contributed by atoms with E-state index in [0.29, 0.717) is 10.8 Å². The normalized spacial score (nSPS) is 16.4. The zero-order chi connectivity index (χ0) is 42.6. The summed E-state index contributed by atoms with van der Waals surface area (Å²) in [7, 11) is 0. The van der Waals surface area contributed by atoms with Gasteiger partial charge in [0, 0.05) is 37.4 Å². The van der Waals surface area contributed by atoms with E-state index in [9.17, 15) is 0 Å². The second kappa shape index (κ2) is 13.8. The summed E-state index contributed by atoms with van der Waals surface area (Å²) in [6.45, 7) is 13.3. The highest BCUT2D eigenvalue weighted by atomic mass is 32.1. The Labute approximate surface area is 354 Å². The Morgan fingerprint density at radius 3 is 1.91 bits per heavy atom. The summed E-state index contributed by atoms with van der Waals surface area (Å²) in [6.07, 6.45) is 6.12. The van der Waals surface area contributed by atoms with Crippen LogP contribution in [-0.2, 0) is 10.8 Å². The van der Waals surface area contributed by atoms with Gasteiger partial charge in [0.05, 0.1) is 5.00 Å². The van der Waals surface area contributed by atoms with Crippen molar-refractivity contribution in [1.82, 2.24) is 0 Å². The lowest BCUT2D eigenvalue weighted by molar-refractivity contribution is 0.444. The molecule has 10 rings (SSSR count). The maximum atomic E-state index is 8.83. The summed E-state index contributed by atoms with van der Waals surface area (Å²) in [4.78, 5) is 5.44. The fourth-order valence-corrected chi connectivity index (χ4v) is 11.2. The van der Waals surface area contributed by atoms with Crippen LogP contribution in [0.5, 0.6) is 0 Å². The van der Waals surface area contributed by atoms with E-state index < -0.39 is 6.85 Å². The first-order valence-corrected chi connectivity index (χ1v) is 22.1. The molecule has 0 amide bonds. The van der Waals surface area contributed by atoms with Gasteiger partial charge < -0.3 is 9.80 Å². The van der Waals surface area contributed by atoms with Crippen molar-refractivity contribution in [2.75, 3.05) is 9.80 Å². The van der Waals surface area contributed by atoms with E-state index in [1.165, 1.54) is 98.6 Å². The first kappa shape index (κ1) is 33.9. The van der Waals surface area contributed by atoms with Gasteiger partial charge in [-0.3, -0.25) is 0 Å². The Hall–Kier alpha value is -5.06. The molecule has 1 aromatic heterocycles. The molecule has 0 atom stereocenters. The van der Waals surface area contributed by atoms with Gasteiger partial charge in [0.15, 0.2) is 0 Å². The van der Waals surface area contributed by atoms with Gasteiger partial charge in [-0.15, -0.1) is 11.3 Å². The van der Waals surface area contributed by atoms with Crippen molar-refractivity contribution in [3.05, 3.63) is 148 Å². The van der Waals surface area contributed by atoms with Gasteiger partial charge in [0.25, 0.3) is 6.71 Å². The third-order valence-corrected chi connectivity index (χ3v) is 14.4. The summed E-state index contributed by atoms with van der Waals surface area (Å²) in [5.41, 5.74) is 16.5. The highest BCUT2D eigenvalue weighted by Gasteiger charge is 2.46. The molecule has 6 aromatic carbocycles. The van der Waals surface area contributed by atoms with Crippen LogP contribution in [0.1, 0.15) is 111 Å². The van der Waals surface area contributed by atoms with Crippen LogP contribution in [0.15, 0.2) is 121 Å². The average molecular weight is 778 g/mol. The number of thiophene rings is 1. The first-order chi connectivity index (χ1) is 29.1. The van der Waals surface area contributed by atoms with Gasteiger partial charge in [-0.2, -0.15) is 0 Å². The molecule has 2 aliphatic heterocycles. The topological polar surface area (TPSA) is 6.48 Å². The predicted molar refractivity (Wildman–Crippen MR) is 254 cm³/mol. The predicted octanol–water partition coefficient (Wildman–Crippen LogP) is 13.9. The number of benzene rings is 6. The Balaban J connectivity index is 1.30. The molecule has 2 nitrogen and oxygen atoms in total. The van der Waals surface area contributed by atoms with Gasteiger partial charge in [-0.25, -0.2) is 0 Å². The maximum absolute atomic E-state index is 8.83. The van der Waals surface area contributed by atoms with Gasteiger partial charge >= 0.3 is 0 Å². The number of fused-ring (bicyclic) bond motifs is 5. The monoisotopic (exact) mass is 777 g/mol. The summed E-state index contributed by atoms with van der Waals surface area (Å²) in [6, 6.07) is 45.6. The molecule has 0 N–H and O–H groups in total. The molecular weight excluding hydrogens is 719 g/mol. The SMILES string of the molecule is [2H]C([2H])([2H])c1sc2c(c1C)B1c3ccc(-c4cccc5ccccc45)cc3N(c3ccc(C(C)(C)C)cc3)c3cc(C4CCCCC4)cc(c31)N2c1ccc(C(C)(C)C)cc1. The molecular formula is C54H55BN2S. The van der Waals surface area contributed by atoms with Gasteiger partial charge in [0.2, 0.25) is 0 Å². The molecule has 1 saturated carbocycles. The van der Waals surface area contributed by atoms with E-state index in [2.05, 4.69) is 180 Å². The molecule has 0 unspecified atom stereocenters. The van der Waals surface area contributed by atoms with Gasteiger partial charge in [-0.05, 0) is 146 Å². The van der Waals surface area contributed by atoms with Crippen LogP contribution in [0.25, 0.3) is 21.9 Å². The molecule has 1 aliphatic carbocycles. The van der Waals surface area contributed by atoms with Crippen LogP contribution in [-0.4, -0.2) is 6.71 Å². The third-order valence-electron chi connectivity index (χ3n) is 13.3. The number of aryl methyl sites for hydroxylation is 1. The molecule has 3 heterocycles. The molecule has 0 radical (unpaired) electrons. The molecule has 4 heteroatoms. The minimum atomic E-state index is -2.24. The smallest absolute Gasteiger partial charge is 0.253 e. The number of rotatable bonds is 4. The summed E-state index contributed by atoms with van der Waals surface area (Å²) < 4.78 is 26.5. The number of anilines is 6. The van der Waals surface area contributed by atoms with Crippen LogP contribution in [0.4, 0.5) is 33.4 Å². The lowest BCUT2D eigenvalue weighted by atomic mass is 9.33. The lowest BCUT2D eigenvalue weighted by Gasteiger charge is -2.44. The zero-order valence-electron chi connectivity index (χ0n) is 38.0. The van der Waals surface area contributed by atoms with Crippen LogP contribution in [0.2, 0.25) is 0 Å². The van der Waals surface area contributed by atoms with Crippen molar-refractivity contribution < 1.29 is 4.11 Å². The van der Waals surface area contributed by atoms with Gasteiger partial charge in [0.1, 0.15) is 0 Å².